The first-order valence-corrected chi connectivity index (χ1v) is 9.42. The monoisotopic (exact) mass is 328 g/mol. The number of guanidine groups is 1. The zero-order valence-corrected chi connectivity index (χ0v) is 14.1. The summed E-state index contributed by atoms with van der Waals surface area (Å²) in [6, 6.07) is 1.82. The van der Waals surface area contributed by atoms with Crippen molar-refractivity contribution in [2.45, 2.75) is 45.7 Å². The molecule has 0 spiro atoms. The molecular weight excluding hydrogens is 304 g/mol. The first-order valence-electron chi connectivity index (χ1n) is 7.60. The molecule has 22 heavy (non-hydrogen) atoms. The maximum absolute atomic E-state index is 11.5. The van der Waals surface area contributed by atoms with Gasteiger partial charge in [-0.05, 0) is 19.3 Å². The second-order valence-electron chi connectivity index (χ2n) is 5.81. The van der Waals surface area contributed by atoms with Crippen LogP contribution >= 0.6 is 0 Å². The maximum Gasteiger partial charge on any atom is 0.191 e. The molecule has 0 amide bonds. The van der Waals surface area contributed by atoms with Crippen molar-refractivity contribution in [2.24, 2.45) is 4.99 Å². The van der Waals surface area contributed by atoms with Crippen LogP contribution in [0.2, 0.25) is 0 Å². The molecule has 1 aliphatic rings. The van der Waals surface area contributed by atoms with Gasteiger partial charge in [0.05, 0.1) is 17.2 Å². The number of aliphatic imine (C=N–C) groups is 1. The van der Waals surface area contributed by atoms with E-state index in [1.807, 2.05) is 13.0 Å². The highest BCUT2D eigenvalue weighted by Crippen LogP contribution is 2.15. The van der Waals surface area contributed by atoms with E-state index in [4.69, 9.17) is 4.52 Å². The molecule has 0 radical (unpaired) electrons. The number of rotatable bonds is 5. The molecular formula is C14H24N4O3S. The van der Waals surface area contributed by atoms with Gasteiger partial charge in [-0.1, -0.05) is 19.0 Å². The number of hydrogen-bond acceptors (Lipinski definition) is 5. The van der Waals surface area contributed by atoms with Gasteiger partial charge >= 0.3 is 0 Å². The van der Waals surface area contributed by atoms with Crippen molar-refractivity contribution >= 4 is 15.8 Å². The minimum atomic E-state index is -2.90. The third kappa shape index (κ3) is 4.72. The number of sulfone groups is 1. The van der Waals surface area contributed by atoms with Crippen LogP contribution in [-0.4, -0.2) is 43.6 Å². The molecule has 1 saturated heterocycles. The summed E-state index contributed by atoms with van der Waals surface area (Å²) >= 11 is 0. The summed E-state index contributed by atoms with van der Waals surface area (Å²) in [6.07, 6.45) is 0.618. The largest absolute Gasteiger partial charge is 0.359 e. The first-order chi connectivity index (χ1) is 10.4. The number of aromatic nitrogens is 1. The molecule has 2 N–H and O–H groups in total. The molecule has 124 valence electrons. The Kier molecular flexibility index (Phi) is 5.44. The van der Waals surface area contributed by atoms with Crippen LogP contribution in [0.3, 0.4) is 0 Å². The van der Waals surface area contributed by atoms with Gasteiger partial charge in [0, 0.05) is 18.7 Å². The van der Waals surface area contributed by atoms with Crippen molar-refractivity contribution in [2.75, 3.05) is 18.1 Å². The SMILES string of the molecule is CCNC(=NCc1cc(C(C)C)no1)NC1CCS(=O)(=O)C1. The molecule has 1 unspecified atom stereocenters. The van der Waals surface area contributed by atoms with Crippen LogP contribution in [0.5, 0.6) is 0 Å². The fourth-order valence-electron chi connectivity index (χ4n) is 2.25. The van der Waals surface area contributed by atoms with Gasteiger partial charge in [0.1, 0.15) is 6.54 Å². The molecule has 0 aromatic carbocycles. The molecule has 7 nitrogen and oxygen atoms in total. The predicted octanol–water partition coefficient (Wildman–Crippen LogP) is 1.04. The van der Waals surface area contributed by atoms with Gasteiger partial charge in [-0.2, -0.15) is 0 Å². The Morgan fingerprint density at radius 1 is 1.55 bits per heavy atom. The van der Waals surface area contributed by atoms with Crippen molar-refractivity contribution in [3.63, 3.8) is 0 Å². The number of nitrogens with zero attached hydrogens (tertiary/aromatic N) is 2. The first kappa shape index (κ1) is 16.8. The van der Waals surface area contributed by atoms with Gasteiger partial charge in [-0.3, -0.25) is 0 Å². The van der Waals surface area contributed by atoms with E-state index in [0.29, 0.717) is 37.1 Å². The Balaban J connectivity index is 1.97. The zero-order valence-electron chi connectivity index (χ0n) is 13.3. The van der Waals surface area contributed by atoms with Crippen LogP contribution in [0.15, 0.2) is 15.6 Å². The third-order valence-electron chi connectivity index (χ3n) is 3.48. The van der Waals surface area contributed by atoms with E-state index in [0.717, 1.165) is 5.69 Å². The lowest BCUT2D eigenvalue weighted by Crippen LogP contribution is -2.44. The minimum absolute atomic E-state index is 0.0799. The van der Waals surface area contributed by atoms with Crippen LogP contribution in [0.25, 0.3) is 0 Å². The topological polar surface area (TPSA) is 96.6 Å². The second kappa shape index (κ2) is 7.13. The summed E-state index contributed by atoms with van der Waals surface area (Å²) in [6.45, 7) is 7.15. The number of hydrogen-bond donors (Lipinski definition) is 2. The van der Waals surface area contributed by atoms with Crippen LogP contribution in [0, 0.1) is 0 Å². The summed E-state index contributed by atoms with van der Waals surface area (Å²) in [5.74, 6) is 2.02. The van der Waals surface area contributed by atoms with Crippen LogP contribution in [-0.2, 0) is 16.4 Å². The van der Waals surface area contributed by atoms with Crippen molar-refractivity contribution in [1.82, 2.24) is 15.8 Å². The Hall–Kier alpha value is -1.57. The van der Waals surface area contributed by atoms with E-state index in [1.165, 1.54) is 0 Å². The van der Waals surface area contributed by atoms with Crippen molar-refractivity contribution in [3.8, 4) is 0 Å². The standard InChI is InChI=1S/C14H24N4O3S/c1-4-15-14(17-11-5-6-22(19,20)9-11)16-8-12-7-13(10(2)3)18-21-12/h7,10-11H,4-6,8-9H2,1-3H3,(H2,15,16,17). The quantitative estimate of drug-likeness (QED) is 0.619. The highest BCUT2D eigenvalue weighted by molar-refractivity contribution is 7.91. The lowest BCUT2D eigenvalue weighted by Gasteiger charge is -2.15. The van der Waals surface area contributed by atoms with Gasteiger partial charge in [0.2, 0.25) is 0 Å². The van der Waals surface area contributed by atoms with Gasteiger partial charge in [-0.15, -0.1) is 0 Å². The molecule has 8 heteroatoms. The smallest absolute Gasteiger partial charge is 0.191 e. The summed E-state index contributed by atoms with van der Waals surface area (Å²) in [5, 5.41) is 10.3. The lowest BCUT2D eigenvalue weighted by molar-refractivity contribution is 0.376. The molecule has 0 saturated carbocycles. The highest BCUT2D eigenvalue weighted by atomic mass is 32.2. The summed E-state index contributed by atoms with van der Waals surface area (Å²) in [5.41, 5.74) is 0.907. The van der Waals surface area contributed by atoms with Crippen molar-refractivity contribution < 1.29 is 12.9 Å². The van der Waals surface area contributed by atoms with Gasteiger partial charge < -0.3 is 15.2 Å². The fourth-order valence-corrected chi connectivity index (χ4v) is 3.93. The average Bonchev–Trinajstić information content (AvgIpc) is 3.03. The van der Waals surface area contributed by atoms with E-state index in [-0.39, 0.29) is 17.5 Å². The summed E-state index contributed by atoms with van der Waals surface area (Å²) in [7, 11) is -2.90. The Labute approximate surface area is 131 Å². The molecule has 1 atom stereocenters. The molecule has 1 fully saturated rings. The molecule has 1 aromatic rings. The lowest BCUT2D eigenvalue weighted by atomic mass is 10.1. The van der Waals surface area contributed by atoms with Gasteiger partial charge in [-0.25, -0.2) is 13.4 Å². The molecule has 1 aliphatic heterocycles. The molecule has 2 rings (SSSR count). The summed E-state index contributed by atoms with van der Waals surface area (Å²) in [4.78, 5) is 4.43. The highest BCUT2D eigenvalue weighted by Gasteiger charge is 2.28. The zero-order chi connectivity index (χ0) is 16.2. The third-order valence-corrected chi connectivity index (χ3v) is 5.25. The van der Waals surface area contributed by atoms with Crippen molar-refractivity contribution in [1.29, 1.82) is 0 Å². The van der Waals surface area contributed by atoms with Crippen molar-refractivity contribution in [3.05, 3.63) is 17.5 Å². The molecule has 1 aromatic heterocycles. The van der Waals surface area contributed by atoms with E-state index in [1.54, 1.807) is 0 Å². The number of nitrogens with one attached hydrogen (secondary N) is 2. The van der Waals surface area contributed by atoms with E-state index < -0.39 is 9.84 Å². The van der Waals surface area contributed by atoms with Crippen LogP contribution in [0.4, 0.5) is 0 Å². The minimum Gasteiger partial charge on any atom is -0.359 e. The Morgan fingerprint density at radius 2 is 2.32 bits per heavy atom. The normalized spacial score (nSPS) is 21.3. The fraction of sp³-hybridized carbons (Fsp3) is 0.714. The molecule has 0 aliphatic carbocycles. The second-order valence-corrected chi connectivity index (χ2v) is 8.04. The van der Waals surface area contributed by atoms with Crippen LogP contribution in [0.1, 0.15) is 44.6 Å². The van der Waals surface area contributed by atoms with Gasteiger partial charge in [0.25, 0.3) is 0 Å². The molecule has 2 heterocycles. The van der Waals surface area contributed by atoms with E-state index in [2.05, 4.69) is 34.6 Å². The van der Waals surface area contributed by atoms with Gasteiger partial charge in [0.15, 0.2) is 21.6 Å². The van der Waals surface area contributed by atoms with Crippen LogP contribution < -0.4 is 10.6 Å². The predicted molar refractivity (Wildman–Crippen MR) is 85.6 cm³/mol. The molecule has 0 bridgehead atoms. The summed E-state index contributed by atoms with van der Waals surface area (Å²) < 4.78 is 28.3. The van der Waals surface area contributed by atoms with E-state index >= 15 is 0 Å². The Bertz CT molecular complexity index is 622. The maximum atomic E-state index is 11.5. The van der Waals surface area contributed by atoms with E-state index in [9.17, 15) is 8.42 Å². The average molecular weight is 328 g/mol. The Morgan fingerprint density at radius 3 is 2.86 bits per heavy atom.